The number of thiazole rings is 1. The van der Waals surface area contributed by atoms with E-state index in [0.717, 1.165) is 27.7 Å². The summed E-state index contributed by atoms with van der Waals surface area (Å²) in [6.45, 7) is 3.88. The largest absolute Gasteiger partial charge is 0.497 e. The van der Waals surface area contributed by atoms with Gasteiger partial charge in [0.15, 0.2) is 4.80 Å². The number of rotatable bonds is 5. The number of nitrogens with one attached hydrogen (secondary N) is 1. The molecule has 8 heteroatoms. The van der Waals surface area contributed by atoms with Gasteiger partial charge in [-0.1, -0.05) is 59.9 Å². The van der Waals surface area contributed by atoms with Gasteiger partial charge in [0.25, 0.3) is 11.5 Å². The number of benzene rings is 3. The van der Waals surface area contributed by atoms with Crippen molar-refractivity contribution >= 4 is 39.9 Å². The van der Waals surface area contributed by atoms with Crippen LogP contribution in [0.25, 0.3) is 17.0 Å². The fourth-order valence-corrected chi connectivity index (χ4v) is 6.33. The van der Waals surface area contributed by atoms with Gasteiger partial charge in [0.1, 0.15) is 5.75 Å². The molecule has 0 bridgehead atoms. The number of amides is 1. The highest BCUT2D eigenvalue weighted by Gasteiger charge is 2.32. The predicted octanol–water partition coefficient (Wildman–Crippen LogP) is 4.68. The lowest BCUT2D eigenvalue weighted by atomic mass is 9.95. The van der Waals surface area contributed by atoms with Crippen molar-refractivity contribution in [1.82, 2.24) is 9.13 Å². The lowest BCUT2D eigenvalue weighted by Crippen LogP contribution is -2.40. The summed E-state index contributed by atoms with van der Waals surface area (Å²) in [4.78, 5) is 33.2. The summed E-state index contributed by atoms with van der Waals surface area (Å²) < 4.78 is 9.70. The van der Waals surface area contributed by atoms with Gasteiger partial charge in [0.05, 0.1) is 29.0 Å². The van der Waals surface area contributed by atoms with Crippen LogP contribution in [-0.4, -0.2) is 22.2 Å². The van der Waals surface area contributed by atoms with Crippen LogP contribution < -0.4 is 24.9 Å². The first kappa shape index (κ1) is 25.6. The monoisotopic (exact) mass is 548 g/mol. The number of hydrogen-bond acceptors (Lipinski definition) is 5. The average Bonchev–Trinajstić information content (AvgIpc) is 3.41. The fraction of sp³-hybridized carbons (Fsp3) is 0.156. The van der Waals surface area contributed by atoms with Crippen LogP contribution in [-0.2, 0) is 11.8 Å². The van der Waals surface area contributed by atoms with Crippen molar-refractivity contribution < 1.29 is 9.53 Å². The molecule has 1 amide bonds. The Labute approximate surface area is 235 Å². The minimum atomic E-state index is -0.651. The minimum absolute atomic E-state index is 0.186. The van der Waals surface area contributed by atoms with Crippen molar-refractivity contribution in [3.05, 3.63) is 127 Å². The van der Waals surface area contributed by atoms with Gasteiger partial charge in [-0.15, -0.1) is 0 Å². The molecule has 2 aromatic heterocycles. The zero-order chi connectivity index (χ0) is 28.0. The summed E-state index contributed by atoms with van der Waals surface area (Å²) in [5.74, 6) is 0.394. The maximum Gasteiger partial charge on any atom is 0.271 e. The molecule has 1 atom stereocenters. The number of carbonyl (C=O) groups excluding carboxylic acids is 1. The van der Waals surface area contributed by atoms with Crippen LogP contribution >= 0.6 is 11.3 Å². The first-order chi connectivity index (χ1) is 19.4. The number of ether oxygens (including phenoxy) is 1. The van der Waals surface area contributed by atoms with E-state index in [0.29, 0.717) is 32.0 Å². The summed E-state index contributed by atoms with van der Waals surface area (Å²) in [6, 6.07) is 24.3. The molecular formula is C32H28N4O3S. The van der Waals surface area contributed by atoms with E-state index in [2.05, 4.69) is 28.9 Å². The zero-order valence-corrected chi connectivity index (χ0v) is 23.5. The number of fused-ring (bicyclic) bond motifs is 2. The summed E-state index contributed by atoms with van der Waals surface area (Å²) >= 11 is 1.34. The van der Waals surface area contributed by atoms with E-state index in [9.17, 15) is 9.59 Å². The van der Waals surface area contributed by atoms with E-state index < -0.39 is 6.04 Å². The maximum atomic E-state index is 14.1. The number of hydrogen-bond donors (Lipinski definition) is 1. The molecule has 0 aliphatic carbocycles. The third kappa shape index (κ3) is 4.26. The van der Waals surface area contributed by atoms with Gasteiger partial charge < -0.3 is 14.6 Å². The Morgan fingerprint density at radius 3 is 2.42 bits per heavy atom. The molecule has 6 rings (SSSR count). The molecule has 7 nitrogen and oxygen atoms in total. The lowest BCUT2D eigenvalue weighted by molar-refractivity contribution is -0.113. The van der Waals surface area contributed by atoms with Gasteiger partial charge in [-0.3, -0.25) is 14.2 Å². The van der Waals surface area contributed by atoms with Gasteiger partial charge in [-0.25, -0.2) is 4.99 Å². The highest BCUT2D eigenvalue weighted by molar-refractivity contribution is 7.07. The molecule has 0 fully saturated rings. The second kappa shape index (κ2) is 10.1. The second-order valence-electron chi connectivity index (χ2n) is 9.75. The molecule has 1 aliphatic heterocycles. The maximum absolute atomic E-state index is 14.1. The smallest absolute Gasteiger partial charge is 0.271 e. The van der Waals surface area contributed by atoms with Crippen molar-refractivity contribution in [2.75, 3.05) is 12.4 Å². The Bertz CT molecular complexity index is 1980. The second-order valence-corrected chi connectivity index (χ2v) is 10.8. The molecule has 1 N–H and O–H groups in total. The third-order valence-electron chi connectivity index (χ3n) is 7.45. The number of anilines is 1. The number of methoxy groups -OCH3 is 1. The first-order valence-corrected chi connectivity index (χ1v) is 13.8. The van der Waals surface area contributed by atoms with Crippen molar-refractivity contribution in [1.29, 1.82) is 0 Å². The molecule has 0 saturated heterocycles. The zero-order valence-electron chi connectivity index (χ0n) is 22.6. The molecule has 1 aliphatic rings. The van der Waals surface area contributed by atoms with Gasteiger partial charge >= 0.3 is 0 Å². The Morgan fingerprint density at radius 1 is 1.00 bits per heavy atom. The molecule has 3 heterocycles. The predicted molar refractivity (Wildman–Crippen MR) is 159 cm³/mol. The molecule has 40 heavy (non-hydrogen) atoms. The Kier molecular flexibility index (Phi) is 6.48. The molecular weight excluding hydrogens is 520 g/mol. The van der Waals surface area contributed by atoms with Crippen LogP contribution in [0, 0.1) is 6.92 Å². The van der Waals surface area contributed by atoms with E-state index in [4.69, 9.17) is 9.73 Å². The van der Waals surface area contributed by atoms with Crippen LogP contribution in [0.4, 0.5) is 5.69 Å². The molecule has 5 aromatic rings. The number of aromatic nitrogens is 2. The van der Waals surface area contributed by atoms with E-state index in [1.807, 2.05) is 86.8 Å². The SMILES string of the molecule is COc1ccc(C2C(C(=O)Nc3ccccc3)=C(C)N=c3s/c(=C\c4c(C)n(C)c5ccccc45)c(=O)n32)cc1. The molecule has 0 spiro atoms. The van der Waals surface area contributed by atoms with Crippen molar-refractivity contribution in [2.45, 2.75) is 19.9 Å². The van der Waals surface area contributed by atoms with Crippen molar-refractivity contribution in [3.63, 3.8) is 0 Å². The topological polar surface area (TPSA) is 77.6 Å². The van der Waals surface area contributed by atoms with Crippen molar-refractivity contribution in [3.8, 4) is 5.75 Å². The molecule has 0 radical (unpaired) electrons. The molecule has 0 saturated carbocycles. The summed E-state index contributed by atoms with van der Waals surface area (Å²) in [5, 5.41) is 4.07. The Hall–Kier alpha value is -4.69. The number of allylic oxidation sites excluding steroid dienone is 1. The number of nitrogens with zero attached hydrogens (tertiary/aromatic N) is 3. The summed E-state index contributed by atoms with van der Waals surface area (Å²) in [7, 11) is 3.64. The highest BCUT2D eigenvalue weighted by Crippen LogP contribution is 2.32. The quantitative estimate of drug-likeness (QED) is 0.346. The Morgan fingerprint density at radius 2 is 1.70 bits per heavy atom. The molecule has 1 unspecified atom stereocenters. The highest BCUT2D eigenvalue weighted by atomic mass is 32.1. The third-order valence-corrected chi connectivity index (χ3v) is 8.44. The van der Waals surface area contributed by atoms with Gasteiger partial charge in [-0.2, -0.15) is 0 Å². The normalized spacial score (nSPS) is 15.2. The first-order valence-electron chi connectivity index (χ1n) is 12.9. The summed E-state index contributed by atoms with van der Waals surface area (Å²) in [5.41, 5.74) is 5.45. The van der Waals surface area contributed by atoms with E-state index >= 15 is 0 Å². The number of carbonyl (C=O) groups is 1. The van der Waals surface area contributed by atoms with Gasteiger partial charge in [-0.05, 0) is 55.8 Å². The van der Waals surface area contributed by atoms with Crippen LogP contribution in [0.15, 0.2) is 99.9 Å². The lowest BCUT2D eigenvalue weighted by Gasteiger charge is -2.25. The van der Waals surface area contributed by atoms with Crippen LogP contribution in [0.5, 0.6) is 5.75 Å². The van der Waals surface area contributed by atoms with Crippen LogP contribution in [0.2, 0.25) is 0 Å². The standard InChI is InChI=1S/C32H28N4O3S/c1-19-28(30(37)34-22-10-6-5-7-11-22)29(21-14-16-23(39-4)17-15-21)36-31(38)27(40-32(36)33-19)18-25-20(2)35(3)26-13-9-8-12-24(25)26/h5-18,29H,1-4H3,(H,34,37)/b27-18-. The van der Waals surface area contributed by atoms with E-state index in [1.54, 1.807) is 11.7 Å². The molecule has 3 aromatic carbocycles. The minimum Gasteiger partial charge on any atom is -0.497 e. The van der Waals surface area contributed by atoms with E-state index in [1.165, 1.54) is 11.3 Å². The number of aryl methyl sites for hydroxylation is 1. The Balaban J connectivity index is 1.55. The van der Waals surface area contributed by atoms with Gasteiger partial charge in [0.2, 0.25) is 0 Å². The van der Waals surface area contributed by atoms with E-state index in [-0.39, 0.29) is 11.5 Å². The number of para-hydroxylation sites is 2. The van der Waals surface area contributed by atoms with Gasteiger partial charge in [0, 0.05) is 34.9 Å². The fourth-order valence-electron chi connectivity index (χ4n) is 5.30. The average molecular weight is 549 g/mol. The molecule has 200 valence electrons. The van der Waals surface area contributed by atoms with Crippen molar-refractivity contribution in [2.24, 2.45) is 12.0 Å². The summed E-state index contributed by atoms with van der Waals surface area (Å²) in [6.07, 6.45) is 1.95. The van der Waals surface area contributed by atoms with Crippen LogP contribution in [0.1, 0.15) is 29.8 Å². The van der Waals surface area contributed by atoms with Crippen LogP contribution in [0.3, 0.4) is 0 Å².